The first-order chi connectivity index (χ1) is 6.85. The number of hydrogen-bond acceptors (Lipinski definition) is 2. The third-order valence-electron chi connectivity index (χ3n) is 3.81. The molecule has 2 unspecified atom stereocenters. The minimum atomic E-state index is 0.791. The van der Waals surface area contributed by atoms with Crippen molar-refractivity contribution in [2.75, 3.05) is 32.1 Å². The second-order valence-corrected chi connectivity index (χ2v) is 4.87. The number of rotatable bonds is 3. The van der Waals surface area contributed by atoms with Gasteiger partial charge in [-0.2, -0.15) is 0 Å². The number of likely N-dealkylation sites (tertiary alicyclic amines) is 1. The van der Waals surface area contributed by atoms with Crippen molar-refractivity contribution in [2.24, 2.45) is 0 Å². The van der Waals surface area contributed by atoms with E-state index >= 15 is 0 Å². The van der Waals surface area contributed by atoms with E-state index < -0.39 is 0 Å². The van der Waals surface area contributed by atoms with Gasteiger partial charge in [-0.05, 0) is 32.4 Å². The van der Waals surface area contributed by atoms with Gasteiger partial charge in [0.1, 0.15) is 0 Å². The highest BCUT2D eigenvalue weighted by atomic mass is 35.5. The third-order valence-corrected chi connectivity index (χ3v) is 3.98. The van der Waals surface area contributed by atoms with Crippen LogP contribution in [0.25, 0.3) is 0 Å². The lowest BCUT2D eigenvalue weighted by Crippen LogP contribution is -2.40. The van der Waals surface area contributed by atoms with Crippen LogP contribution in [0.3, 0.4) is 0 Å². The maximum atomic E-state index is 5.86. The van der Waals surface area contributed by atoms with Crippen LogP contribution in [-0.4, -0.2) is 53.9 Å². The van der Waals surface area contributed by atoms with Gasteiger partial charge in [-0.25, -0.2) is 0 Å². The van der Waals surface area contributed by atoms with Crippen LogP contribution < -0.4 is 0 Å². The van der Waals surface area contributed by atoms with Crippen LogP contribution in [0, 0.1) is 0 Å². The monoisotopic (exact) mass is 216 g/mol. The fraction of sp³-hybridized carbons (Fsp3) is 1.00. The SMILES string of the molecule is CCN1CCC2CCC(C1)N2CCCl. The summed E-state index contributed by atoms with van der Waals surface area (Å²) in [5.41, 5.74) is 0. The van der Waals surface area contributed by atoms with E-state index in [-0.39, 0.29) is 0 Å². The van der Waals surface area contributed by atoms with E-state index in [9.17, 15) is 0 Å². The molecule has 0 amide bonds. The summed E-state index contributed by atoms with van der Waals surface area (Å²) in [4.78, 5) is 5.24. The van der Waals surface area contributed by atoms with Crippen LogP contribution in [0.2, 0.25) is 0 Å². The third kappa shape index (κ3) is 2.07. The molecule has 2 fully saturated rings. The van der Waals surface area contributed by atoms with Gasteiger partial charge in [0, 0.05) is 31.1 Å². The maximum absolute atomic E-state index is 5.86. The van der Waals surface area contributed by atoms with Crippen LogP contribution in [0.4, 0.5) is 0 Å². The molecule has 2 aliphatic rings. The molecule has 82 valence electrons. The molecule has 0 N–H and O–H groups in total. The molecular weight excluding hydrogens is 196 g/mol. The zero-order valence-corrected chi connectivity index (χ0v) is 9.84. The molecule has 0 spiro atoms. The van der Waals surface area contributed by atoms with Crippen LogP contribution in [0.1, 0.15) is 26.2 Å². The first-order valence-electron chi connectivity index (χ1n) is 5.89. The summed E-state index contributed by atoms with van der Waals surface area (Å²) in [6.07, 6.45) is 4.14. The van der Waals surface area contributed by atoms with Crippen LogP contribution >= 0.6 is 11.6 Å². The number of fused-ring (bicyclic) bond motifs is 2. The average molecular weight is 217 g/mol. The standard InChI is InChI=1S/C11H21ClN2/c1-2-13-7-5-10-3-4-11(9-13)14(10)8-6-12/h10-11H,2-9H2,1H3. The van der Waals surface area contributed by atoms with Crippen molar-refractivity contribution in [1.82, 2.24) is 9.80 Å². The van der Waals surface area contributed by atoms with E-state index in [2.05, 4.69) is 16.7 Å². The zero-order chi connectivity index (χ0) is 9.97. The van der Waals surface area contributed by atoms with Crippen molar-refractivity contribution in [3.63, 3.8) is 0 Å². The first-order valence-corrected chi connectivity index (χ1v) is 6.42. The van der Waals surface area contributed by atoms with Crippen LogP contribution in [0.5, 0.6) is 0 Å². The Bertz CT molecular complexity index is 186. The van der Waals surface area contributed by atoms with E-state index in [1.165, 1.54) is 38.9 Å². The summed E-state index contributed by atoms with van der Waals surface area (Å²) in [7, 11) is 0. The summed E-state index contributed by atoms with van der Waals surface area (Å²) in [6, 6.07) is 1.62. The van der Waals surface area contributed by atoms with Gasteiger partial charge in [-0.1, -0.05) is 6.92 Å². The van der Waals surface area contributed by atoms with Gasteiger partial charge < -0.3 is 4.90 Å². The van der Waals surface area contributed by atoms with E-state index in [1.54, 1.807) is 0 Å². The fourth-order valence-corrected chi connectivity index (χ4v) is 3.19. The van der Waals surface area contributed by atoms with Gasteiger partial charge in [-0.15, -0.1) is 11.6 Å². The summed E-state index contributed by atoms with van der Waals surface area (Å²) in [5, 5.41) is 0. The Hall–Kier alpha value is 0.210. The largest absolute Gasteiger partial charge is 0.302 e. The molecular formula is C11H21ClN2. The van der Waals surface area contributed by atoms with Crippen LogP contribution in [0.15, 0.2) is 0 Å². The molecule has 0 saturated carbocycles. The quantitative estimate of drug-likeness (QED) is 0.664. The van der Waals surface area contributed by atoms with Crippen molar-refractivity contribution in [3.8, 4) is 0 Å². The number of hydrogen-bond donors (Lipinski definition) is 0. The number of halogens is 1. The van der Waals surface area contributed by atoms with Crippen molar-refractivity contribution in [2.45, 2.75) is 38.3 Å². The lowest BCUT2D eigenvalue weighted by molar-refractivity contribution is 0.197. The second kappa shape index (κ2) is 4.82. The highest BCUT2D eigenvalue weighted by Crippen LogP contribution is 2.29. The predicted molar refractivity (Wildman–Crippen MR) is 61.0 cm³/mol. The van der Waals surface area contributed by atoms with Gasteiger partial charge >= 0.3 is 0 Å². The predicted octanol–water partition coefficient (Wildman–Crippen LogP) is 1.78. The molecule has 2 heterocycles. The number of alkyl halides is 1. The van der Waals surface area contributed by atoms with Crippen molar-refractivity contribution < 1.29 is 0 Å². The van der Waals surface area contributed by atoms with Gasteiger partial charge in [-0.3, -0.25) is 4.90 Å². The van der Waals surface area contributed by atoms with Crippen molar-refractivity contribution in [1.29, 1.82) is 0 Å². The lowest BCUT2D eigenvalue weighted by atomic mass is 10.1. The maximum Gasteiger partial charge on any atom is 0.0351 e. The van der Waals surface area contributed by atoms with E-state index in [0.29, 0.717) is 0 Å². The van der Waals surface area contributed by atoms with E-state index in [4.69, 9.17) is 11.6 Å². The van der Waals surface area contributed by atoms with Crippen molar-refractivity contribution in [3.05, 3.63) is 0 Å². The van der Waals surface area contributed by atoms with Gasteiger partial charge in [0.25, 0.3) is 0 Å². The molecule has 0 aliphatic carbocycles. The summed E-state index contributed by atoms with van der Waals surface area (Å²) in [6.45, 7) is 7.12. The normalized spacial score (nSPS) is 34.7. The minimum Gasteiger partial charge on any atom is -0.302 e. The molecule has 0 aromatic heterocycles. The van der Waals surface area contributed by atoms with Gasteiger partial charge in [0.2, 0.25) is 0 Å². The lowest BCUT2D eigenvalue weighted by Gasteiger charge is -2.27. The summed E-state index contributed by atoms with van der Waals surface area (Å²) in [5.74, 6) is 0.791. The Morgan fingerprint density at radius 3 is 2.71 bits per heavy atom. The molecule has 14 heavy (non-hydrogen) atoms. The molecule has 2 bridgehead atoms. The van der Waals surface area contributed by atoms with Crippen LogP contribution in [-0.2, 0) is 0 Å². The molecule has 2 atom stereocenters. The van der Waals surface area contributed by atoms with Crippen molar-refractivity contribution >= 4 is 11.6 Å². The smallest absolute Gasteiger partial charge is 0.0351 e. The van der Waals surface area contributed by atoms with E-state index in [0.717, 1.165) is 24.5 Å². The molecule has 2 saturated heterocycles. The molecule has 3 heteroatoms. The first kappa shape index (κ1) is 10.7. The van der Waals surface area contributed by atoms with Gasteiger partial charge in [0.05, 0.1) is 0 Å². The molecule has 0 aromatic carbocycles. The van der Waals surface area contributed by atoms with E-state index in [1.807, 2.05) is 0 Å². The average Bonchev–Trinajstić information content (AvgIpc) is 2.43. The molecule has 2 rings (SSSR count). The number of likely N-dealkylation sites (N-methyl/N-ethyl adjacent to an activating group) is 1. The Balaban J connectivity index is 1.99. The Labute approximate surface area is 92.2 Å². The molecule has 2 aliphatic heterocycles. The topological polar surface area (TPSA) is 6.48 Å². The summed E-state index contributed by atoms with van der Waals surface area (Å²) >= 11 is 5.86. The summed E-state index contributed by atoms with van der Waals surface area (Å²) < 4.78 is 0. The molecule has 2 nitrogen and oxygen atoms in total. The Morgan fingerprint density at radius 2 is 2.00 bits per heavy atom. The fourth-order valence-electron chi connectivity index (χ4n) is 2.99. The molecule has 0 radical (unpaired) electrons. The zero-order valence-electron chi connectivity index (χ0n) is 9.08. The molecule has 0 aromatic rings. The highest BCUT2D eigenvalue weighted by Gasteiger charge is 2.35. The Morgan fingerprint density at radius 1 is 1.21 bits per heavy atom. The van der Waals surface area contributed by atoms with Gasteiger partial charge in [0.15, 0.2) is 0 Å². The number of nitrogens with zero attached hydrogens (tertiary/aromatic N) is 2. The highest BCUT2D eigenvalue weighted by molar-refractivity contribution is 6.18. The minimum absolute atomic E-state index is 0.791. The Kier molecular flexibility index (Phi) is 3.69. The second-order valence-electron chi connectivity index (χ2n) is 4.49.